The minimum atomic E-state index is 0. The third kappa shape index (κ3) is 3.84. The zero-order chi connectivity index (χ0) is 13.0. The molecule has 1 aliphatic heterocycles. The summed E-state index contributed by atoms with van der Waals surface area (Å²) >= 11 is 0. The van der Waals surface area contributed by atoms with Crippen molar-refractivity contribution < 1.29 is 4.74 Å². The largest absolute Gasteiger partial charge is 0.495 e. The third-order valence-corrected chi connectivity index (χ3v) is 3.50. The third-order valence-electron chi connectivity index (χ3n) is 3.50. The van der Waals surface area contributed by atoms with Crippen molar-refractivity contribution in [3.8, 4) is 11.8 Å². The molecular weight excluding hydrogens is 262 g/mol. The molecular formula is C14H20ClN3O. The van der Waals surface area contributed by atoms with E-state index in [0.29, 0.717) is 17.2 Å². The lowest BCUT2D eigenvalue weighted by atomic mass is 10.1. The highest BCUT2D eigenvalue weighted by atomic mass is 35.5. The molecule has 2 N–H and O–H groups in total. The van der Waals surface area contributed by atoms with Gasteiger partial charge in [0.15, 0.2) is 0 Å². The van der Waals surface area contributed by atoms with Gasteiger partial charge in [-0.15, -0.1) is 12.4 Å². The molecule has 1 aromatic carbocycles. The molecule has 0 amide bonds. The molecule has 0 bridgehead atoms. The Morgan fingerprint density at radius 3 is 2.89 bits per heavy atom. The Balaban J connectivity index is 0.00000180. The zero-order valence-corrected chi connectivity index (χ0v) is 11.9. The van der Waals surface area contributed by atoms with E-state index >= 15 is 0 Å². The maximum absolute atomic E-state index is 8.94. The average molecular weight is 282 g/mol. The van der Waals surface area contributed by atoms with Gasteiger partial charge in [0.2, 0.25) is 0 Å². The summed E-state index contributed by atoms with van der Waals surface area (Å²) in [5.41, 5.74) is 7.46. The molecule has 1 heterocycles. The van der Waals surface area contributed by atoms with Crippen LogP contribution in [0.2, 0.25) is 0 Å². The Kier molecular flexibility index (Phi) is 6.10. The highest BCUT2D eigenvalue weighted by Crippen LogP contribution is 2.22. The summed E-state index contributed by atoms with van der Waals surface area (Å²) in [6.45, 7) is 3.84. The van der Waals surface area contributed by atoms with Gasteiger partial charge in [0.1, 0.15) is 11.8 Å². The van der Waals surface area contributed by atoms with Crippen molar-refractivity contribution in [2.24, 2.45) is 11.7 Å². The van der Waals surface area contributed by atoms with Crippen molar-refractivity contribution in [3.63, 3.8) is 0 Å². The first-order valence-electron chi connectivity index (χ1n) is 6.26. The fraction of sp³-hybridized carbons (Fsp3) is 0.500. The van der Waals surface area contributed by atoms with Crippen LogP contribution >= 0.6 is 12.4 Å². The van der Waals surface area contributed by atoms with E-state index in [1.807, 2.05) is 18.2 Å². The Morgan fingerprint density at radius 2 is 2.32 bits per heavy atom. The lowest BCUT2D eigenvalue weighted by Gasteiger charge is -2.16. The number of rotatable bonds is 4. The maximum atomic E-state index is 8.94. The van der Waals surface area contributed by atoms with E-state index in [0.717, 1.165) is 26.2 Å². The Hall–Kier alpha value is -1.28. The van der Waals surface area contributed by atoms with Crippen LogP contribution < -0.4 is 10.5 Å². The number of nitrogens with zero attached hydrogens (tertiary/aromatic N) is 2. The summed E-state index contributed by atoms with van der Waals surface area (Å²) in [6.07, 6.45) is 1.18. The molecule has 0 aromatic heterocycles. The molecule has 2 rings (SSSR count). The van der Waals surface area contributed by atoms with Gasteiger partial charge in [-0.05, 0) is 43.1 Å². The number of nitriles is 1. The Labute approximate surface area is 120 Å². The minimum Gasteiger partial charge on any atom is -0.495 e. The summed E-state index contributed by atoms with van der Waals surface area (Å²) in [4.78, 5) is 2.40. The van der Waals surface area contributed by atoms with Crippen molar-refractivity contribution >= 4 is 12.4 Å². The minimum absolute atomic E-state index is 0. The number of nitrogens with two attached hydrogens (primary N) is 1. The molecule has 1 fully saturated rings. The van der Waals surface area contributed by atoms with Crippen LogP contribution in [0.5, 0.6) is 5.75 Å². The lowest BCUT2D eigenvalue weighted by molar-refractivity contribution is 0.317. The van der Waals surface area contributed by atoms with Crippen LogP contribution in [-0.4, -0.2) is 31.6 Å². The number of benzene rings is 1. The molecule has 1 unspecified atom stereocenters. The summed E-state index contributed by atoms with van der Waals surface area (Å²) in [5.74, 6) is 1.29. The number of hydrogen-bond donors (Lipinski definition) is 1. The molecule has 0 spiro atoms. The highest BCUT2D eigenvalue weighted by molar-refractivity contribution is 5.85. The first-order chi connectivity index (χ1) is 8.76. The van der Waals surface area contributed by atoms with Crippen molar-refractivity contribution in [2.45, 2.75) is 13.0 Å². The topological polar surface area (TPSA) is 62.3 Å². The second-order valence-corrected chi connectivity index (χ2v) is 4.77. The molecule has 5 heteroatoms. The van der Waals surface area contributed by atoms with Gasteiger partial charge in [-0.1, -0.05) is 6.07 Å². The molecule has 0 radical (unpaired) electrons. The van der Waals surface area contributed by atoms with Gasteiger partial charge in [0.25, 0.3) is 0 Å². The van der Waals surface area contributed by atoms with Crippen molar-refractivity contribution in [2.75, 3.05) is 26.7 Å². The number of hydrogen-bond acceptors (Lipinski definition) is 4. The van der Waals surface area contributed by atoms with E-state index in [-0.39, 0.29) is 12.4 Å². The smallest absolute Gasteiger partial charge is 0.136 e. The van der Waals surface area contributed by atoms with Crippen LogP contribution in [-0.2, 0) is 6.54 Å². The summed E-state index contributed by atoms with van der Waals surface area (Å²) in [7, 11) is 1.60. The van der Waals surface area contributed by atoms with Crippen LogP contribution in [0.25, 0.3) is 0 Å². The highest BCUT2D eigenvalue weighted by Gasteiger charge is 2.21. The van der Waals surface area contributed by atoms with Crippen molar-refractivity contribution in [1.82, 2.24) is 4.90 Å². The normalized spacial score (nSPS) is 18.7. The van der Waals surface area contributed by atoms with E-state index in [1.54, 1.807) is 7.11 Å². The maximum Gasteiger partial charge on any atom is 0.136 e. The second kappa shape index (κ2) is 7.34. The van der Waals surface area contributed by atoms with E-state index in [9.17, 15) is 0 Å². The predicted molar refractivity (Wildman–Crippen MR) is 77.4 cm³/mol. The van der Waals surface area contributed by atoms with E-state index in [2.05, 4.69) is 11.0 Å². The predicted octanol–water partition coefficient (Wildman–Crippen LogP) is 1.77. The van der Waals surface area contributed by atoms with Gasteiger partial charge >= 0.3 is 0 Å². The zero-order valence-electron chi connectivity index (χ0n) is 11.1. The molecule has 19 heavy (non-hydrogen) atoms. The molecule has 1 atom stereocenters. The summed E-state index contributed by atoms with van der Waals surface area (Å²) < 4.78 is 5.22. The van der Waals surface area contributed by atoms with Crippen LogP contribution in [0.3, 0.4) is 0 Å². The molecule has 4 nitrogen and oxygen atoms in total. The van der Waals surface area contributed by atoms with Gasteiger partial charge in [-0.25, -0.2) is 0 Å². The first-order valence-corrected chi connectivity index (χ1v) is 6.26. The molecule has 104 valence electrons. The van der Waals surface area contributed by atoms with E-state index in [4.69, 9.17) is 15.7 Å². The number of likely N-dealkylation sites (tertiary alicyclic amines) is 1. The SMILES string of the molecule is COc1cc(CN2CCC(CN)C2)ccc1C#N.Cl. The van der Waals surface area contributed by atoms with E-state index in [1.165, 1.54) is 12.0 Å². The first kappa shape index (κ1) is 15.8. The summed E-state index contributed by atoms with van der Waals surface area (Å²) in [5, 5.41) is 8.94. The van der Waals surface area contributed by atoms with Gasteiger partial charge in [-0.2, -0.15) is 5.26 Å². The van der Waals surface area contributed by atoms with Gasteiger partial charge in [0.05, 0.1) is 12.7 Å². The average Bonchev–Trinajstić information content (AvgIpc) is 2.86. The Bertz CT molecular complexity index is 458. The fourth-order valence-corrected chi connectivity index (χ4v) is 2.43. The van der Waals surface area contributed by atoms with Gasteiger partial charge in [0, 0.05) is 13.1 Å². The standard InChI is InChI=1S/C14H19N3O.ClH/c1-18-14-6-11(2-3-13(14)8-16)9-17-5-4-12(7-15)10-17;/h2-3,6,12H,4-5,7,9-10,15H2,1H3;1H. The van der Waals surface area contributed by atoms with Crippen LogP contribution in [0.1, 0.15) is 17.5 Å². The van der Waals surface area contributed by atoms with Crippen LogP contribution in [0.4, 0.5) is 0 Å². The van der Waals surface area contributed by atoms with Gasteiger partial charge in [-0.3, -0.25) is 4.90 Å². The van der Waals surface area contributed by atoms with Gasteiger partial charge < -0.3 is 10.5 Å². The molecule has 1 aliphatic rings. The number of ether oxygens (including phenoxy) is 1. The van der Waals surface area contributed by atoms with Crippen LogP contribution in [0, 0.1) is 17.2 Å². The lowest BCUT2D eigenvalue weighted by Crippen LogP contribution is -2.22. The quantitative estimate of drug-likeness (QED) is 0.914. The Morgan fingerprint density at radius 1 is 1.53 bits per heavy atom. The van der Waals surface area contributed by atoms with Crippen LogP contribution in [0.15, 0.2) is 18.2 Å². The summed E-state index contributed by atoms with van der Waals surface area (Å²) in [6, 6.07) is 7.90. The molecule has 0 aliphatic carbocycles. The van der Waals surface area contributed by atoms with E-state index < -0.39 is 0 Å². The monoisotopic (exact) mass is 281 g/mol. The van der Waals surface area contributed by atoms with Crippen molar-refractivity contribution in [1.29, 1.82) is 5.26 Å². The molecule has 0 saturated carbocycles. The van der Waals surface area contributed by atoms with Crippen molar-refractivity contribution in [3.05, 3.63) is 29.3 Å². The fourth-order valence-electron chi connectivity index (χ4n) is 2.43. The molecule has 1 aromatic rings. The second-order valence-electron chi connectivity index (χ2n) is 4.77. The molecule has 1 saturated heterocycles. The number of halogens is 1. The number of methoxy groups -OCH3 is 1.